The first-order valence-corrected chi connectivity index (χ1v) is 11.5. The quantitative estimate of drug-likeness (QED) is 0.661. The Labute approximate surface area is 184 Å². The highest BCUT2D eigenvalue weighted by atomic mass is 19.1. The summed E-state index contributed by atoms with van der Waals surface area (Å²) in [4.78, 5) is 20.1. The second-order valence-electron chi connectivity index (χ2n) is 9.04. The fraction of sp³-hybridized carbons (Fsp3) is 0.462. The number of hydrogen-bond donors (Lipinski definition) is 1. The molecule has 4 rings (SSSR count). The van der Waals surface area contributed by atoms with Crippen LogP contribution in [0.4, 0.5) is 4.39 Å². The van der Waals surface area contributed by atoms with Gasteiger partial charge in [0.15, 0.2) is 5.96 Å². The molecule has 31 heavy (non-hydrogen) atoms. The summed E-state index contributed by atoms with van der Waals surface area (Å²) in [6.07, 6.45) is 9.36. The molecule has 1 amide bonds. The summed E-state index contributed by atoms with van der Waals surface area (Å²) < 4.78 is 13.2. The Kier molecular flexibility index (Phi) is 6.69. The third-order valence-corrected chi connectivity index (χ3v) is 6.82. The number of carbonyl (C=O) groups excluding carboxylic acids is 1. The zero-order valence-electron chi connectivity index (χ0n) is 18.1. The van der Waals surface area contributed by atoms with Gasteiger partial charge in [-0.2, -0.15) is 0 Å². The average Bonchev–Trinajstić information content (AvgIpc) is 3.02. The van der Waals surface area contributed by atoms with Crippen LogP contribution in [0, 0.1) is 11.7 Å². The molecule has 1 aliphatic carbocycles. The number of hydrogen-bond acceptors (Lipinski definition) is 3. The van der Waals surface area contributed by atoms with Crippen LogP contribution in [0.5, 0.6) is 0 Å². The van der Waals surface area contributed by atoms with Gasteiger partial charge in [-0.05, 0) is 48.4 Å². The van der Waals surface area contributed by atoms with E-state index in [0.717, 1.165) is 24.0 Å². The minimum Gasteiger partial charge on any atom is -0.369 e. The van der Waals surface area contributed by atoms with Gasteiger partial charge in [-0.25, -0.2) is 9.38 Å². The molecule has 2 aromatic carbocycles. The summed E-state index contributed by atoms with van der Waals surface area (Å²) in [7, 11) is 0. The third-order valence-electron chi connectivity index (χ3n) is 6.82. The summed E-state index contributed by atoms with van der Waals surface area (Å²) in [6, 6.07) is 16.5. The van der Waals surface area contributed by atoms with Crippen LogP contribution >= 0.6 is 0 Å². The highest BCUT2D eigenvalue weighted by Gasteiger charge is 2.47. The predicted octanol–water partition coefficient (Wildman–Crippen LogP) is 4.87. The average molecular weight is 422 g/mol. The Balaban J connectivity index is 1.50. The molecule has 164 valence electrons. The Bertz CT molecular complexity index is 906. The van der Waals surface area contributed by atoms with Crippen LogP contribution in [0.1, 0.15) is 56.1 Å². The van der Waals surface area contributed by atoms with E-state index in [0.29, 0.717) is 31.3 Å². The molecule has 4 nitrogen and oxygen atoms in total. The van der Waals surface area contributed by atoms with Gasteiger partial charge in [-0.3, -0.25) is 9.69 Å². The SMILES string of the molecule is NC1=N[C@](CCC2CCCCC2)(Cc2ccccc2)C(=O)N1CCc1ccc(F)cc1. The van der Waals surface area contributed by atoms with Crippen LogP contribution < -0.4 is 5.73 Å². The van der Waals surface area contributed by atoms with Crippen LogP contribution in [-0.4, -0.2) is 28.9 Å². The monoisotopic (exact) mass is 421 g/mol. The molecule has 2 aromatic rings. The van der Waals surface area contributed by atoms with Crippen LogP contribution in [0.3, 0.4) is 0 Å². The Morgan fingerprint density at radius 1 is 1.00 bits per heavy atom. The number of aliphatic imine (C=N–C) groups is 1. The molecule has 0 spiro atoms. The first-order chi connectivity index (χ1) is 15.1. The van der Waals surface area contributed by atoms with Gasteiger partial charge in [0.2, 0.25) is 0 Å². The van der Waals surface area contributed by atoms with Gasteiger partial charge in [0.25, 0.3) is 5.91 Å². The van der Waals surface area contributed by atoms with Crippen LogP contribution in [-0.2, 0) is 17.6 Å². The molecule has 0 saturated heterocycles. The molecule has 0 bridgehead atoms. The normalized spacial score (nSPS) is 22.0. The number of benzene rings is 2. The van der Waals surface area contributed by atoms with E-state index in [1.165, 1.54) is 44.2 Å². The van der Waals surface area contributed by atoms with Crippen molar-refractivity contribution in [3.05, 3.63) is 71.5 Å². The lowest BCUT2D eigenvalue weighted by Gasteiger charge is -2.29. The van der Waals surface area contributed by atoms with Gasteiger partial charge in [0, 0.05) is 13.0 Å². The number of amides is 1. The molecular weight excluding hydrogens is 389 g/mol. The van der Waals surface area contributed by atoms with Crippen molar-refractivity contribution in [2.45, 2.75) is 63.3 Å². The number of carbonyl (C=O) groups is 1. The molecule has 1 aliphatic heterocycles. The summed E-state index contributed by atoms with van der Waals surface area (Å²) in [5.74, 6) is 0.740. The molecule has 5 heteroatoms. The standard InChI is InChI=1S/C26H32FN3O/c27-23-13-11-21(12-14-23)16-18-30-24(31)26(29-25(30)28,19-22-9-5-2-6-10-22)17-15-20-7-3-1-4-8-20/h2,5-6,9-14,20H,1,3-4,7-8,15-19H2,(H2,28,29)/t26-/m1/s1. The molecule has 1 saturated carbocycles. The summed E-state index contributed by atoms with van der Waals surface area (Å²) in [5.41, 5.74) is 7.56. The maximum atomic E-state index is 13.7. The van der Waals surface area contributed by atoms with Crippen molar-refractivity contribution in [1.29, 1.82) is 0 Å². The van der Waals surface area contributed by atoms with E-state index < -0.39 is 5.54 Å². The van der Waals surface area contributed by atoms with E-state index in [1.807, 2.05) is 18.2 Å². The van der Waals surface area contributed by atoms with Crippen molar-refractivity contribution in [2.24, 2.45) is 16.6 Å². The molecule has 0 radical (unpaired) electrons. The predicted molar refractivity (Wildman–Crippen MR) is 122 cm³/mol. The van der Waals surface area contributed by atoms with Gasteiger partial charge in [0.1, 0.15) is 11.4 Å². The summed E-state index contributed by atoms with van der Waals surface area (Å²) >= 11 is 0. The summed E-state index contributed by atoms with van der Waals surface area (Å²) in [6.45, 7) is 0.458. The maximum absolute atomic E-state index is 13.7. The number of rotatable bonds is 8. The number of guanidine groups is 1. The molecule has 0 aromatic heterocycles. The molecular formula is C26H32FN3O. The van der Waals surface area contributed by atoms with E-state index in [9.17, 15) is 9.18 Å². The van der Waals surface area contributed by atoms with E-state index in [4.69, 9.17) is 10.7 Å². The third kappa shape index (κ3) is 5.15. The maximum Gasteiger partial charge on any atom is 0.257 e. The molecule has 1 heterocycles. The van der Waals surface area contributed by atoms with Gasteiger partial charge < -0.3 is 5.73 Å². The Morgan fingerprint density at radius 3 is 2.42 bits per heavy atom. The summed E-state index contributed by atoms with van der Waals surface area (Å²) in [5, 5.41) is 0. The Morgan fingerprint density at radius 2 is 1.71 bits per heavy atom. The minimum atomic E-state index is -0.814. The molecule has 1 fully saturated rings. The zero-order valence-corrected chi connectivity index (χ0v) is 18.1. The van der Waals surface area contributed by atoms with E-state index >= 15 is 0 Å². The fourth-order valence-electron chi connectivity index (χ4n) is 5.01. The van der Waals surface area contributed by atoms with Gasteiger partial charge in [-0.1, -0.05) is 74.6 Å². The fourth-order valence-corrected chi connectivity index (χ4v) is 5.01. The second kappa shape index (κ2) is 9.63. The van der Waals surface area contributed by atoms with Crippen molar-refractivity contribution < 1.29 is 9.18 Å². The largest absolute Gasteiger partial charge is 0.369 e. The zero-order chi connectivity index (χ0) is 21.7. The lowest BCUT2D eigenvalue weighted by atomic mass is 9.79. The van der Waals surface area contributed by atoms with E-state index in [2.05, 4.69) is 12.1 Å². The molecule has 2 N–H and O–H groups in total. The number of halogens is 1. The van der Waals surface area contributed by atoms with Crippen molar-refractivity contribution in [1.82, 2.24) is 4.90 Å². The van der Waals surface area contributed by atoms with Crippen LogP contribution in [0.15, 0.2) is 59.6 Å². The minimum absolute atomic E-state index is 0.00627. The lowest BCUT2D eigenvalue weighted by Crippen LogP contribution is -2.46. The number of nitrogens with two attached hydrogens (primary N) is 1. The van der Waals surface area contributed by atoms with Gasteiger partial charge in [-0.15, -0.1) is 0 Å². The molecule has 0 unspecified atom stereocenters. The topological polar surface area (TPSA) is 58.7 Å². The first kappa shape index (κ1) is 21.5. The highest BCUT2D eigenvalue weighted by Crippen LogP contribution is 2.36. The first-order valence-electron chi connectivity index (χ1n) is 11.5. The van der Waals surface area contributed by atoms with E-state index in [1.54, 1.807) is 17.0 Å². The van der Waals surface area contributed by atoms with Crippen molar-refractivity contribution in [3.63, 3.8) is 0 Å². The van der Waals surface area contributed by atoms with Crippen LogP contribution in [0.25, 0.3) is 0 Å². The van der Waals surface area contributed by atoms with E-state index in [-0.39, 0.29) is 11.7 Å². The van der Waals surface area contributed by atoms with Gasteiger partial charge in [0.05, 0.1) is 0 Å². The number of nitrogens with zero attached hydrogens (tertiary/aromatic N) is 2. The van der Waals surface area contributed by atoms with Crippen molar-refractivity contribution in [3.8, 4) is 0 Å². The smallest absolute Gasteiger partial charge is 0.257 e. The second-order valence-corrected chi connectivity index (χ2v) is 9.04. The highest BCUT2D eigenvalue weighted by molar-refractivity contribution is 6.07. The van der Waals surface area contributed by atoms with Crippen molar-refractivity contribution >= 4 is 11.9 Å². The lowest BCUT2D eigenvalue weighted by molar-refractivity contribution is -0.131. The van der Waals surface area contributed by atoms with Crippen LogP contribution in [0.2, 0.25) is 0 Å². The van der Waals surface area contributed by atoms with Gasteiger partial charge >= 0.3 is 0 Å². The molecule has 2 aliphatic rings. The Hall–Kier alpha value is -2.69. The van der Waals surface area contributed by atoms with Crippen molar-refractivity contribution in [2.75, 3.05) is 6.54 Å². The molecule has 1 atom stereocenters.